The third-order valence-electron chi connectivity index (χ3n) is 11.5. The van der Waals surface area contributed by atoms with Crippen molar-refractivity contribution in [3.63, 3.8) is 0 Å². The second kappa shape index (κ2) is 14.0. The van der Waals surface area contributed by atoms with Gasteiger partial charge in [-0.1, -0.05) is 90.8 Å². The van der Waals surface area contributed by atoms with E-state index in [1.165, 1.54) is 57.8 Å². The number of hydrogen-bond acceptors (Lipinski definition) is 4. The SMILES string of the molecule is C=CC(OC(C=C)C(=O)O)C(=O)O.CC(C)CCC[C@@H](C)[C@H]1CC[C@H]2[C@@H]3CC=C4C[C@@H](O)CC[C@]4(C)[C@H]3CC[C@]12C. The molecule has 0 aromatic carbocycles. The number of carboxylic acids is 2. The first kappa shape index (κ1) is 33.6. The van der Waals surface area contributed by atoms with E-state index in [0.717, 1.165) is 60.5 Å². The first-order valence-electron chi connectivity index (χ1n) is 16.0. The topological polar surface area (TPSA) is 104 Å². The normalized spacial score (nSPS) is 36.3. The van der Waals surface area contributed by atoms with Gasteiger partial charge in [-0.15, -0.1) is 0 Å². The lowest BCUT2D eigenvalue weighted by atomic mass is 9.47. The minimum atomic E-state index is -1.33. The smallest absolute Gasteiger partial charge is 0.336 e. The number of hydrogen-bond donors (Lipinski definition) is 3. The van der Waals surface area contributed by atoms with E-state index in [1.54, 1.807) is 5.57 Å². The second-order valence-corrected chi connectivity index (χ2v) is 14.3. The molecule has 4 aliphatic rings. The van der Waals surface area contributed by atoms with Crippen LogP contribution < -0.4 is 0 Å². The molecule has 0 bridgehead atoms. The van der Waals surface area contributed by atoms with Gasteiger partial charge in [0.1, 0.15) is 0 Å². The van der Waals surface area contributed by atoms with Crippen molar-refractivity contribution in [2.75, 3.05) is 0 Å². The first-order chi connectivity index (χ1) is 19.3. The van der Waals surface area contributed by atoms with Gasteiger partial charge >= 0.3 is 11.9 Å². The Morgan fingerprint density at radius 1 is 0.976 bits per heavy atom. The quantitative estimate of drug-likeness (QED) is 0.220. The van der Waals surface area contributed by atoms with Crippen LogP contribution in [0.1, 0.15) is 105 Å². The number of carbonyl (C=O) groups is 2. The van der Waals surface area contributed by atoms with Crippen LogP contribution in [-0.2, 0) is 14.3 Å². The van der Waals surface area contributed by atoms with Crippen LogP contribution in [0.5, 0.6) is 0 Å². The minimum absolute atomic E-state index is 0.0766. The maximum absolute atomic E-state index is 10.4. The summed E-state index contributed by atoms with van der Waals surface area (Å²) >= 11 is 0. The van der Waals surface area contributed by atoms with E-state index >= 15 is 0 Å². The molecule has 0 aromatic rings. The largest absolute Gasteiger partial charge is 0.479 e. The zero-order valence-electron chi connectivity index (χ0n) is 26.2. The Labute approximate surface area is 248 Å². The van der Waals surface area contributed by atoms with Gasteiger partial charge in [-0.2, -0.15) is 0 Å². The molecule has 0 radical (unpaired) electrons. The summed E-state index contributed by atoms with van der Waals surface area (Å²) in [6.45, 7) is 19.0. The highest BCUT2D eigenvalue weighted by molar-refractivity contribution is 5.77. The van der Waals surface area contributed by atoms with Crippen LogP contribution in [0.3, 0.4) is 0 Å². The summed E-state index contributed by atoms with van der Waals surface area (Å²) in [5, 5.41) is 27.2. The fourth-order valence-electron chi connectivity index (χ4n) is 9.25. The molecule has 4 rings (SSSR count). The van der Waals surface area contributed by atoms with Crippen LogP contribution >= 0.6 is 0 Å². The zero-order chi connectivity index (χ0) is 30.5. The Balaban J connectivity index is 0.000000302. The molecular weight excluding hydrogens is 516 g/mol. The Kier molecular flexibility index (Phi) is 11.5. The Bertz CT molecular complexity index is 946. The third-order valence-corrected chi connectivity index (χ3v) is 11.5. The molecule has 3 N–H and O–H groups in total. The molecule has 10 atom stereocenters. The van der Waals surface area contributed by atoms with E-state index in [9.17, 15) is 14.7 Å². The lowest BCUT2D eigenvalue weighted by Crippen LogP contribution is -2.50. The van der Waals surface area contributed by atoms with Gasteiger partial charge in [0, 0.05) is 0 Å². The molecule has 2 unspecified atom stereocenters. The molecule has 232 valence electrons. The average molecular weight is 573 g/mol. The molecule has 6 heteroatoms. The third kappa shape index (κ3) is 7.36. The molecule has 3 saturated carbocycles. The summed E-state index contributed by atoms with van der Waals surface area (Å²) in [4.78, 5) is 20.8. The highest BCUT2D eigenvalue weighted by Gasteiger charge is 2.59. The molecule has 0 saturated heterocycles. The van der Waals surface area contributed by atoms with Crippen molar-refractivity contribution in [2.24, 2.45) is 46.3 Å². The fraction of sp³-hybridized carbons (Fsp3) is 0.771. The average Bonchev–Trinajstić information content (AvgIpc) is 3.26. The van der Waals surface area contributed by atoms with Gasteiger partial charge in [0.2, 0.25) is 0 Å². The van der Waals surface area contributed by atoms with Crippen molar-refractivity contribution >= 4 is 11.9 Å². The van der Waals surface area contributed by atoms with Crippen molar-refractivity contribution < 1.29 is 29.6 Å². The van der Waals surface area contributed by atoms with Crippen LogP contribution in [-0.4, -0.2) is 45.6 Å². The molecule has 0 aliphatic heterocycles. The summed E-state index contributed by atoms with van der Waals surface area (Å²) in [6.07, 6.45) is 16.5. The monoisotopic (exact) mass is 572 g/mol. The number of carboxylic acid groups (broad SMARTS) is 2. The molecule has 0 spiro atoms. The Hall–Kier alpha value is -1.92. The first-order valence-corrected chi connectivity index (χ1v) is 16.0. The molecule has 3 fully saturated rings. The lowest BCUT2D eigenvalue weighted by molar-refractivity contribution is -0.158. The number of aliphatic carboxylic acids is 2. The van der Waals surface area contributed by atoms with E-state index in [4.69, 9.17) is 10.2 Å². The van der Waals surface area contributed by atoms with E-state index in [-0.39, 0.29) is 6.10 Å². The summed E-state index contributed by atoms with van der Waals surface area (Å²) < 4.78 is 4.64. The fourth-order valence-corrected chi connectivity index (χ4v) is 9.25. The van der Waals surface area contributed by atoms with Crippen LogP contribution in [0.2, 0.25) is 0 Å². The summed E-state index contributed by atoms with van der Waals surface area (Å²) in [6, 6.07) is 0. The molecule has 0 aromatic heterocycles. The highest BCUT2D eigenvalue weighted by atomic mass is 16.5. The Morgan fingerprint density at radius 3 is 2.17 bits per heavy atom. The van der Waals surface area contributed by atoms with E-state index < -0.39 is 24.1 Å². The predicted molar refractivity (Wildman–Crippen MR) is 163 cm³/mol. The van der Waals surface area contributed by atoms with Crippen LogP contribution in [0.25, 0.3) is 0 Å². The summed E-state index contributed by atoms with van der Waals surface area (Å²) in [7, 11) is 0. The second-order valence-electron chi connectivity index (χ2n) is 14.3. The van der Waals surface area contributed by atoms with Gasteiger partial charge < -0.3 is 20.1 Å². The Morgan fingerprint density at radius 2 is 1.61 bits per heavy atom. The number of rotatable bonds is 11. The van der Waals surface area contributed by atoms with Crippen molar-refractivity contribution in [3.8, 4) is 0 Å². The molecule has 4 aliphatic carbocycles. The van der Waals surface area contributed by atoms with Gasteiger partial charge in [-0.3, -0.25) is 0 Å². The molecular formula is C35H56O6. The van der Waals surface area contributed by atoms with Gasteiger partial charge in [0.25, 0.3) is 0 Å². The van der Waals surface area contributed by atoms with Gasteiger partial charge in [-0.05, 0) is 97.7 Å². The number of aliphatic hydroxyl groups excluding tert-OH is 1. The molecule has 0 heterocycles. The van der Waals surface area contributed by atoms with Gasteiger partial charge in [0.05, 0.1) is 6.10 Å². The number of allylic oxidation sites excluding steroid dienone is 1. The standard InChI is InChI=1S/C27H46O.C8H10O5/c1-18(2)7-6-8-19(3)23-11-12-24-22-10-9-20-17-21(28)13-15-26(20,4)25(22)14-16-27(23,24)5;1-3-5(7(9)10)13-6(4-2)8(11)12/h9,18-19,21-25,28H,6-8,10-17H2,1-5H3;3-6H,1-2H2,(H,9,10)(H,11,12)/t19-,21+,22+,23-,24+,25+,26+,27-;/m1./s1. The molecule has 41 heavy (non-hydrogen) atoms. The zero-order valence-corrected chi connectivity index (χ0v) is 26.2. The van der Waals surface area contributed by atoms with Gasteiger partial charge in [0.15, 0.2) is 12.2 Å². The lowest BCUT2D eigenvalue weighted by Gasteiger charge is -2.58. The van der Waals surface area contributed by atoms with Gasteiger partial charge in [-0.25, -0.2) is 9.59 Å². The molecule has 0 amide bonds. The van der Waals surface area contributed by atoms with E-state index in [1.807, 2.05) is 0 Å². The summed E-state index contributed by atoms with van der Waals surface area (Å²) in [5.41, 5.74) is 2.60. The van der Waals surface area contributed by atoms with Crippen LogP contribution in [0.4, 0.5) is 0 Å². The highest BCUT2D eigenvalue weighted by Crippen LogP contribution is 2.67. The van der Waals surface area contributed by atoms with Crippen molar-refractivity contribution in [1.82, 2.24) is 0 Å². The number of ether oxygens (including phenoxy) is 1. The maximum atomic E-state index is 10.4. The maximum Gasteiger partial charge on any atom is 0.336 e. The van der Waals surface area contributed by atoms with Crippen molar-refractivity contribution in [3.05, 3.63) is 37.0 Å². The predicted octanol–water partition coefficient (Wildman–Crippen LogP) is 7.67. The van der Waals surface area contributed by atoms with E-state index in [2.05, 4.69) is 58.6 Å². The number of fused-ring (bicyclic) bond motifs is 5. The van der Waals surface area contributed by atoms with Crippen LogP contribution in [0.15, 0.2) is 37.0 Å². The number of aliphatic hydroxyl groups is 1. The van der Waals surface area contributed by atoms with Crippen molar-refractivity contribution in [1.29, 1.82) is 0 Å². The van der Waals surface area contributed by atoms with Crippen LogP contribution in [0, 0.1) is 46.3 Å². The molecule has 6 nitrogen and oxygen atoms in total. The summed E-state index contributed by atoms with van der Waals surface area (Å²) in [5.74, 6) is 2.88. The van der Waals surface area contributed by atoms with E-state index in [0.29, 0.717) is 10.8 Å². The van der Waals surface area contributed by atoms with Crippen molar-refractivity contribution in [2.45, 2.75) is 124 Å². The minimum Gasteiger partial charge on any atom is -0.479 e.